The summed E-state index contributed by atoms with van der Waals surface area (Å²) in [6.45, 7) is 5.75. The second-order valence-corrected chi connectivity index (χ2v) is 3.84. The average Bonchev–Trinajstić information content (AvgIpc) is 1.60. The van der Waals surface area contributed by atoms with Gasteiger partial charge in [-0.25, -0.2) is 5.14 Å². The quantitative estimate of drug-likeness (QED) is 0.637. The molecule has 0 rings (SSSR count). The SMILES string of the molecule is CCN(C(C)C)S(N)(=O)=O. The minimum atomic E-state index is -3.48. The molecule has 0 aromatic rings. The third-order valence-electron chi connectivity index (χ3n) is 1.21. The Kier molecular flexibility index (Phi) is 3.27. The van der Waals surface area contributed by atoms with Gasteiger partial charge < -0.3 is 0 Å². The second-order valence-electron chi connectivity index (χ2n) is 2.34. The van der Waals surface area contributed by atoms with Gasteiger partial charge >= 0.3 is 0 Å². The van der Waals surface area contributed by atoms with Gasteiger partial charge in [-0.1, -0.05) is 6.92 Å². The van der Waals surface area contributed by atoms with Crippen molar-refractivity contribution in [3.8, 4) is 0 Å². The summed E-state index contributed by atoms with van der Waals surface area (Å²) >= 11 is 0. The summed E-state index contributed by atoms with van der Waals surface area (Å²) < 4.78 is 22.6. The highest BCUT2D eigenvalue weighted by Gasteiger charge is 2.17. The first-order chi connectivity index (χ1) is 4.39. The highest BCUT2D eigenvalue weighted by atomic mass is 32.2. The molecule has 4 nitrogen and oxygen atoms in total. The lowest BCUT2D eigenvalue weighted by atomic mass is 10.4. The summed E-state index contributed by atoms with van der Waals surface area (Å²) in [6, 6.07) is -0.0556. The fraction of sp³-hybridized carbons (Fsp3) is 1.00. The maximum Gasteiger partial charge on any atom is 0.277 e. The van der Waals surface area contributed by atoms with Crippen molar-refractivity contribution < 1.29 is 8.42 Å². The standard InChI is InChI=1S/C5H14N2O2S/c1-4-7(5(2)3)10(6,8)9/h5H,4H2,1-3H3,(H2,6,8,9). The van der Waals surface area contributed by atoms with Crippen LogP contribution in [0.4, 0.5) is 0 Å². The average molecular weight is 166 g/mol. The fourth-order valence-electron chi connectivity index (χ4n) is 0.839. The zero-order valence-electron chi connectivity index (χ0n) is 6.53. The van der Waals surface area contributed by atoms with Crippen molar-refractivity contribution >= 4 is 10.2 Å². The topological polar surface area (TPSA) is 63.4 Å². The Morgan fingerprint density at radius 2 is 1.90 bits per heavy atom. The molecule has 0 saturated carbocycles. The molecule has 0 atom stereocenters. The molecule has 0 unspecified atom stereocenters. The summed E-state index contributed by atoms with van der Waals surface area (Å²) in [5.74, 6) is 0. The molecule has 62 valence electrons. The van der Waals surface area contributed by atoms with E-state index in [-0.39, 0.29) is 6.04 Å². The molecule has 10 heavy (non-hydrogen) atoms. The van der Waals surface area contributed by atoms with Crippen LogP contribution in [-0.4, -0.2) is 25.3 Å². The van der Waals surface area contributed by atoms with Gasteiger partial charge in [0.2, 0.25) is 0 Å². The van der Waals surface area contributed by atoms with Gasteiger partial charge in [-0.2, -0.15) is 12.7 Å². The molecule has 0 saturated heterocycles. The molecular weight excluding hydrogens is 152 g/mol. The van der Waals surface area contributed by atoms with Crippen molar-refractivity contribution in [2.45, 2.75) is 26.8 Å². The lowest BCUT2D eigenvalue weighted by Gasteiger charge is -2.20. The van der Waals surface area contributed by atoms with Crippen LogP contribution in [0.1, 0.15) is 20.8 Å². The van der Waals surface area contributed by atoms with Crippen LogP contribution < -0.4 is 5.14 Å². The summed E-state index contributed by atoms with van der Waals surface area (Å²) in [4.78, 5) is 0. The van der Waals surface area contributed by atoms with Crippen molar-refractivity contribution in [3.63, 3.8) is 0 Å². The first-order valence-electron chi connectivity index (χ1n) is 3.19. The number of rotatable bonds is 3. The van der Waals surface area contributed by atoms with Crippen LogP contribution in [0, 0.1) is 0 Å². The first kappa shape index (κ1) is 9.87. The lowest BCUT2D eigenvalue weighted by Crippen LogP contribution is -2.41. The van der Waals surface area contributed by atoms with Crippen molar-refractivity contribution in [2.24, 2.45) is 5.14 Å². The van der Waals surface area contributed by atoms with E-state index < -0.39 is 10.2 Å². The van der Waals surface area contributed by atoms with Crippen LogP contribution in [0.25, 0.3) is 0 Å². The normalized spacial score (nSPS) is 13.0. The van der Waals surface area contributed by atoms with Crippen molar-refractivity contribution in [2.75, 3.05) is 6.54 Å². The highest BCUT2D eigenvalue weighted by molar-refractivity contribution is 7.86. The van der Waals surface area contributed by atoms with E-state index in [0.29, 0.717) is 6.54 Å². The van der Waals surface area contributed by atoms with Crippen LogP contribution in [0.5, 0.6) is 0 Å². The van der Waals surface area contributed by atoms with Crippen molar-refractivity contribution in [1.82, 2.24) is 4.31 Å². The van der Waals surface area contributed by atoms with E-state index >= 15 is 0 Å². The Labute approximate surface area is 62.2 Å². The van der Waals surface area contributed by atoms with Gasteiger partial charge in [-0.3, -0.25) is 0 Å². The second kappa shape index (κ2) is 3.32. The van der Waals surface area contributed by atoms with E-state index in [4.69, 9.17) is 5.14 Å². The van der Waals surface area contributed by atoms with Crippen molar-refractivity contribution in [3.05, 3.63) is 0 Å². The largest absolute Gasteiger partial charge is 0.277 e. The molecule has 0 aliphatic heterocycles. The summed E-state index contributed by atoms with van der Waals surface area (Å²) in [6.07, 6.45) is 0. The van der Waals surface area contributed by atoms with E-state index in [0.717, 1.165) is 0 Å². The summed E-state index contributed by atoms with van der Waals surface area (Å²) in [7, 11) is -3.48. The fourth-order valence-corrected chi connectivity index (χ4v) is 1.79. The summed E-state index contributed by atoms with van der Waals surface area (Å²) in [5, 5.41) is 4.89. The van der Waals surface area contributed by atoms with Gasteiger partial charge in [0.05, 0.1) is 0 Å². The number of hydrogen-bond donors (Lipinski definition) is 1. The molecule has 2 N–H and O–H groups in total. The molecular formula is C5H14N2O2S. The number of nitrogens with zero attached hydrogens (tertiary/aromatic N) is 1. The maximum absolute atomic E-state index is 10.7. The lowest BCUT2D eigenvalue weighted by molar-refractivity contribution is 0.370. The number of hydrogen-bond acceptors (Lipinski definition) is 2. The van der Waals surface area contributed by atoms with E-state index in [1.165, 1.54) is 4.31 Å². The van der Waals surface area contributed by atoms with Crippen LogP contribution in [-0.2, 0) is 10.2 Å². The molecule has 0 spiro atoms. The van der Waals surface area contributed by atoms with Crippen LogP contribution >= 0.6 is 0 Å². The van der Waals surface area contributed by atoms with Gasteiger partial charge in [0.1, 0.15) is 0 Å². The maximum atomic E-state index is 10.7. The predicted molar refractivity (Wildman–Crippen MR) is 40.6 cm³/mol. The number of nitrogens with two attached hydrogens (primary N) is 1. The van der Waals surface area contributed by atoms with Crippen LogP contribution in [0.2, 0.25) is 0 Å². The minimum absolute atomic E-state index is 0.0556. The Morgan fingerprint density at radius 3 is 1.90 bits per heavy atom. The molecule has 0 aliphatic carbocycles. The zero-order chi connectivity index (χ0) is 8.36. The van der Waals surface area contributed by atoms with Gasteiger partial charge in [0.25, 0.3) is 10.2 Å². The van der Waals surface area contributed by atoms with Gasteiger partial charge in [0, 0.05) is 12.6 Å². The highest BCUT2D eigenvalue weighted by Crippen LogP contribution is 2.00. The smallest absolute Gasteiger partial charge is 0.216 e. The molecule has 0 heterocycles. The van der Waals surface area contributed by atoms with E-state index in [1.54, 1.807) is 20.8 Å². The Morgan fingerprint density at radius 1 is 1.50 bits per heavy atom. The third-order valence-corrected chi connectivity index (χ3v) is 2.55. The molecule has 0 aromatic carbocycles. The summed E-state index contributed by atoms with van der Waals surface area (Å²) in [5.41, 5.74) is 0. The third kappa shape index (κ3) is 2.64. The predicted octanol–water partition coefficient (Wildman–Crippen LogP) is -0.0798. The molecule has 0 fully saturated rings. The first-order valence-corrected chi connectivity index (χ1v) is 4.69. The monoisotopic (exact) mass is 166 g/mol. The van der Waals surface area contributed by atoms with E-state index in [2.05, 4.69) is 0 Å². The van der Waals surface area contributed by atoms with Gasteiger partial charge in [-0.15, -0.1) is 0 Å². The Balaban J connectivity index is 4.38. The van der Waals surface area contributed by atoms with E-state index in [1.807, 2.05) is 0 Å². The molecule has 0 amide bonds. The van der Waals surface area contributed by atoms with Crippen LogP contribution in [0.3, 0.4) is 0 Å². The molecule has 0 aliphatic rings. The minimum Gasteiger partial charge on any atom is -0.216 e. The van der Waals surface area contributed by atoms with Crippen molar-refractivity contribution in [1.29, 1.82) is 0 Å². The van der Waals surface area contributed by atoms with Crippen LogP contribution in [0.15, 0.2) is 0 Å². The Hall–Kier alpha value is -0.130. The van der Waals surface area contributed by atoms with Gasteiger partial charge in [0.15, 0.2) is 0 Å². The van der Waals surface area contributed by atoms with E-state index in [9.17, 15) is 8.42 Å². The van der Waals surface area contributed by atoms with Gasteiger partial charge in [-0.05, 0) is 13.8 Å². The zero-order valence-corrected chi connectivity index (χ0v) is 7.35. The Bertz CT molecular complexity index is 186. The molecule has 0 bridgehead atoms. The molecule has 0 radical (unpaired) electrons. The molecule has 0 aromatic heterocycles. The molecule has 5 heteroatoms.